The molecule has 0 radical (unpaired) electrons. The van der Waals surface area contributed by atoms with Crippen molar-refractivity contribution >= 4 is 5.91 Å². The minimum Gasteiger partial charge on any atom is -0.368 e. The van der Waals surface area contributed by atoms with Gasteiger partial charge in [0.15, 0.2) is 0 Å². The minimum atomic E-state index is -4.29. The number of halogens is 3. The first kappa shape index (κ1) is 18.2. The van der Waals surface area contributed by atoms with E-state index in [4.69, 9.17) is 5.73 Å². The van der Waals surface area contributed by atoms with Gasteiger partial charge in [-0.15, -0.1) is 0 Å². The average Bonchev–Trinajstić information content (AvgIpc) is 2.13. The summed E-state index contributed by atoms with van der Waals surface area (Å²) in [4.78, 5) is 12.7. The molecule has 1 unspecified atom stereocenters. The van der Waals surface area contributed by atoms with E-state index >= 15 is 0 Å². The Bertz CT molecular complexity index is 294. The van der Waals surface area contributed by atoms with Gasteiger partial charge in [0.05, 0.1) is 6.54 Å². The van der Waals surface area contributed by atoms with E-state index in [1.807, 2.05) is 13.8 Å². The molecule has 0 aliphatic heterocycles. The zero-order chi connectivity index (χ0) is 15.3. The summed E-state index contributed by atoms with van der Waals surface area (Å²) in [5, 5.41) is 2.95. The highest BCUT2D eigenvalue weighted by Gasteiger charge is 2.37. The molecular weight excluding hydrogens is 259 g/mol. The molecule has 0 aromatic heterocycles. The maximum Gasteiger partial charge on any atom is 0.401 e. The molecule has 0 saturated carbocycles. The Morgan fingerprint density at radius 1 is 1.32 bits per heavy atom. The Balaban J connectivity index is 4.89. The lowest BCUT2D eigenvalue weighted by Crippen LogP contribution is -2.62. The molecular formula is C12H24F3N3O. The Hall–Kier alpha value is -0.820. The number of hydrogen-bond donors (Lipinski definition) is 2. The number of alkyl halides is 3. The molecule has 7 heteroatoms. The summed E-state index contributed by atoms with van der Waals surface area (Å²) in [5.74, 6) is -0.649. The molecule has 3 N–H and O–H groups in total. The molecule has 114 valence electrons. The van der Waals surface area contributed by atoms with Gasteiger partial charge < -0.3 is 11.1 Å². The van der Waals surface area contributed by atoms with Crippen molar-refractivity contribution in [2.45, 2.75) is 51.9 Å². The predicted molar refractivity (Wildman–Crippen MR) is 68.7 cm³/mol. The average molecular weight is 283 g/mol. The molecule has 0 spiro atoms. The number of nitrogens with zero attached hydrogens (tertiary/aromatic N) is 1. The number of hydrogen-bond acceptors (Lipinski definition) is 3. The standard InChI is InChI=1S/C12H24F3N3O/c1-5-6-18(8-12(13,14)15)7-11(4,10(16)19)17-9(2)3/h9,17H,5-8H2,1-4H3,(H2,16,19). The van der Waals surface area contributed by atoms with Gasteiger partial charge in [0.1, 0.15) is 5.54 Å². The summed E-state index contributed by atoms with van der Waals surface area (Å²) in [7, 11) is 0. The van der Waals surface area contributed by atoms with Crippen molar-refractivity contribution in [3.8, 4) is 0 Å². The van der Waals surface area contributed by atoms with Crippen molar-refractivity contribution in [2.24, 2.45) is 5.73 Å². The van der Waals surface area contributed by atoms with Crippen molar-refractivity contribution in [2.75, 3.05) is 19.6 Å². The van der Waals surface area contributed by atoms with Gasteiger partial charge in [-0.05, 0) is 33.7 Å². The van der Waals surface area contributed by atoms with Gasteiger partial charge in [-0.2, -0.15) is 13.2 Å². The van der Waals surface area contributed by atoms with Crippen LogP contribution >= 0.6 is 0 Å². The van der Waals surface area contributed by atoms with Crippen molar-refractivity contribution in [3.05, 3.63) is 0 Å². The highest BCUT2D eigenvalue weighted by Crippen LogP contribution is 2.18. The van der Waals surface area contributed by atoms with Crippen LogP contribution in [0.15, 0.2) is 0 Å². The normalized spacial score (nSPS) is 15.8. The van der Waals surface area contributed by atoms with Gasteiger partial charge in [0.2, 0.25) is 5.91 Å². The van der Waals surface area contributed by atoms with Gasteiger partial charge in [0.25, 0.3) is 0 Å². The second-order valence-corrected chi connectivity index (χ2v) is 5.32. The first-order chi connectivity index (χ1) is 8.50. The fraction of sp³-hybridized carbons (Fsp3) is 0.917. The minimum absolute atomic E-state index is 0.0492. The van der Waals surface area contributed by atoms with E-state index in [0.29, 0.717) is 6.42 Å². The number of nitrogens with two attached hydrogens (primary N) is 1. The monoisotopic (exact) mass is 283 g/mol. The van der Waals surface area contributed by atoms with Gasteiger partial charge in [-0.1, -0.05) is 6.92 Å². The molecule has 4 nitrogen and oxygen atoms in total. The SMILES string of the molecule is CCCN(CC(F)(F)F)CC(C)(NC(C)C)C(N)=O. The molecule has 0 heterocycles. The first-order valence-corrected chi connectivity index (χ1v) is 6.37. The zero-order valence-electron chi connectivity index (χ0n) is 12.0. The van der Waals surface area contributed by atoms with Gasteiger partial charge >= 0.3 is 6.18 Å². The summed E-state index contributed by atoms with van der Waals surface area (Å²) in [5.41, 5.74) is 4.15. The summed E-state index contributed by atoms with van der Waals surface area (Å²) in [6, 6.07) is -0.0492. The molecule has 19 heavy (non-hydrogen) atoms. The van der Waals surface area contributed by atoms with E-state index in [0.717, 1.165) is 0 Å². The van der Waals surface area contributed by atoms with Crippen LogP contribution in [0, 0.1) is 0 Å². The van der Waals surface area contributed by atoms with E-state index in [1.165, 1.54) is 11.8 Å². The molecule has 0 rings (SSSR count). The molecule has 1 amide bonds. The van der Waals surface area contributed by atoms with Crippen LogP contribution < -0.4 is 11.1 Å². The van der Waals surface area contributed by atoms with Crippen LogP contribution in [0.4, 0.5) is 13.2 Å². The predicted octanol–water partition coefficient (Wildman–Crippen LogP) is 1.50. The number of primary amides is 1. The van der Waals surface area contributed by atoms with Crippen LogP contribution in [-0.2, 0) is 4.79 Å². The Labute approximate surface area is 112 Å². The summed E-state index contributed by atoms with van der Waals surface area (Å²) < 4.78 is 37.5. The second-order valence-electron chi connectivity index (χ2n) is 5.32. The van der Waals surface area contributed by atoms with E-state index in [1.54, 1.807) is 6.92 Å². The van der Waals surface area contributed by atoms with E-state index in [2.05, 4.69) is 5.32 Å². The molecule has 0 aliphatic carbocycles. The Morgan fingerprint density at radius 2 is 1.84 bits per heavy atom. The van der Waals surface area contributed by atoms with Gasteiger partial charge in [-0.25, -0.2) is 0 Å². The zero-order valence-corrected chi connectivity index (χ0v) is 12.0. The molecule has 1 atom stereocenters. The highest BCUT2D eigenvalue weighted by molar-refractivity contribution is 5.84. The molecule has 0 bridgehead atoms. The Kier molecular flexibility index (Phi) is 6.79. The first-order valence-electron chi connectivity index (χ1n) is 6.37. The lowest BCUT2D eigenvalue weighted by Gasteiger charge is -2.35. The fourth-order valence-corrected chi connectivity index (χ4v) is 2.06. The number of carbonyl (C=O) groups excluding carboxylic acids is 1. The van der Waals surface area contributed by atoms with Crippen LogP contribution in [0.25, 0.3) is 0 Å². The molecule has 0 aromatic rings. The molecule has 0 aromatic carbocycles. The lowest BCUT2D eigenvalue weighted by atomic mass is 9.99. The summed E-state index contributed by atoms with van der Waals surface area (Å²) in [6.07, 6.45) is -3.71. The highest BCUT2D eigenvalue weighted by atomic mass is 19.4. The second kappa shape index (κ2) is 7.09. The Morgan fingerprint density at radius 3 is 2.16 bits per heavy atom. The largest absolute Gasteiger partial charge is 0.401 e. The third-order valence-electron chi connectivity index (χ3n) is 2.63. The quantitative estimate of drug-likeness (QED) is 0.710. The van der Waals surface area contributed by atoms with Crippen LogP contribution in [0.1, 0.15) is 34.1 Å². The van der Waals surface area contributed by atoms with Crippen LogP contribution in [0.2, 0.25) is 0 Å². The molecule has 0 saturated heterocycles. The smallest absolute Gasteiger partial charge is 0.368 e. The van der Waals surface area contributed by atoms with E-state index in [9.17, 15) is 18.0 Å². The topological polar surface area (TPSA) is 58.4 Å². The van der Waals surface area contributed by atoms with Crippen molar-refractivity contribution in [1.29, 1.82) is 0 Å². The van der Waals surface area contributed by atoms with E-state index < -0.39 is 24.2 Å². The molecule has 0 fully saturated rings. The van der Waals surface area contributed by atoms with Crippen molar-refractivity contribution < 1.29 is 18.0 Å². The van der Waals surface area contributed by atoms with Crippen LogP contribution in [-0.4, -0.2) is 48.2 Å². The number of nitrogens with one attached hydrogen (secondary N) is 1. The summed E-state index contributed by atoms with van der Waals surface area (Å²) in [6.45, 7) is 6.12. The lowest BCUT2D eigenvalue weighted by molar-refractivity contribution is -0.150. The van der Waals surface area contributed by atoms with Crippen molar-refractivity contribution in [3.63, 3.8) is 0 Å². The van der Waals surface area contributed by atoms with Crippen molar-refractivity contribution in [1.82, 2.24) is 10.2 Å². The number of rotatable bonds is 8. The molecule has 0 aliphatic rings. The van der Waals surface area contributed by atoms with Crippen LogP contribution in [0.5, 0.6) is 0 Å². The third-order valence-corrected chi connectivity index (χ3v) is 2.63. The van der Waals surface area contributed by atoms with Crippen LogP contribution in [0.3, 0.4) is 0 Å². The summed E-state index contributed by atoms with van der Waals surface area (Å²) >= 11 is 0. The van der Waals surface area contributed by atoms with Gasteiger partial charge in [0, 0.05) is 12.6 Å². The fourth-order valence-electron chi connectivity index (χ4n) is 2.06. The number of carbonyl (C=O) groups is 1. The number of amides is 1. The van der Waals surface area contributed by atoms with E-state index in [-0.39, 0.29) is 19.1 Å². The third kappa shape index (κ3) is 7.37. The maximum atomic E-state index is 12.5. The maximum absolute atomic E-state index is 12.5. The van der Waals surface area contributed by atoms with Gasteiger partial charge in [-0.3, -0.25) is 9.69 Å².